The fourth-order valence-electron chi connectivity index (χ4n) is 3.67. The molecule has 1 aliphatic carbocycles. The van der Waals surface area contributed by atoms with Crippen molar-refractivity contribution in [3.05, 3.63) is 47.0 Å². The van der Waals surface area contributed by atoms with Gasteiger partial charge in [0.15, 0.2) is 5.78 Å². The molecular formula is C19H26O. The zero-order valence-electron chi connectivity index (χ0n) is 13.6. The third kappa shape index (κ3) is 2.13. The summed E-state index contributed by atoms with van der Waals surface area (Å²) in [6.45, 7) is 16.9. The van der Waals surface area contributed by atoms with Gasteiger partial charge in [-0.15, -0.1) is 6.58 Å². The van der Waals surface area contributed by atoms with Gasteiger partial charge in [0.2, 0.25) is 0 Å². The third-order valence-electron chi connectivity index (χ3n) is 5.11. The summed E-state index contributed by atoms with van der Waals surface area (Å²) in [5, 5.41) is 0. The molecule has 0 fully saturated rings. The van der Waals surface area contributed by atoms with Gasteiger partial charge in [0, 0.05) is 5.56 Å². The van der Waals surface area contributed by atoms with Crippen molar-refractivity contribution in [2.24, 2.45) is 5.92 Å². The molecule has 1 aromatic carbocycles. The molecule has 1 unspecified atom stereocenters. The Labute approximate surface area is 123 Å². The van der Waals surface area contributed by atoms with Gasteiger partial charge in [-0.1, -0.05) is 39.8 Å². The average Bonchev–Trinajstić information content (AvgIpc) is 2.33. The molecule has 20 heavy (non-hydrogen) atoms. The second-order valence-electron chi connectivity index (χ2n) is 7.42. The number of allylic oxidation sites excluding steroid dienone is 1. The van der Waals surface area contributed by atoms with Gasteiger partial charge in [0.1, 0.15) is 0 Å². The van der Waals surface area contributed by atoms with Crippen LogP contribution in [0.3, 0.4) is 0 Å². The first-order chi connectivity index (χ1) is 9.11. The molecule has 1 aliphatic rings. The van der Waals surface area contributed by atoms with Crippen LogP contribution in [0.5, 0.6) is 0 Å². The lowest BCUT2D eigenvalue weighted by atomic mass is 9.57. The van der Waals surface area contributed by atoms with Gasteiger partial charge in [-0.05, 0) is 59.8 Å². The Hall–Kier alpha value is -1.37. The number of aryl methyl sites for hydroxylation is 1. The van der Waals surface area contributed by atoms with E-state index in [1.807, 2.05) is 6.92 Å². The Bertz CT molecular complexity index is 576. The van der Waals surface area contributed by atoms with Crippen LogP contribution in [0.15, 0.2) is 24.8 Å². The van der Waals surface area contributed by atoms with Crippen molar-refractivity contribution in [3.63, 3.8) is 0 Å². The van der Waals surface area contributed by atoms with Crippen LogP contribution in [0.25, 0.3) is 0 Å². The number of benzene rings is 1. The first-order valence-electron chi connectivity index (χ1n) is 7.40. The van der Waals surface area contributed by atoms with Gasteiger partial charge in [0.05, 0.1) is 0 Å². The monoisotopic (exact) mass is 270 g/mol. The maximum Gasteiger partial charge on any atom is 0.160 e. The molecule has 1 heteroatoms. The van der Waals surface area contributed by atoms with E-state index in [4.69, 9.17) is 0 Å². The van der Waals surface area contributed by atoms with Crippen LogP contribution in [0.2, 0.25) is 0 Å². The Balaban J connectivity index is 2.76. The number of Topliss-reactive ketones (excluding diaryl/α,β-unsaturated/α-hetero) is 1. The number of carbonyl (C=O) groups excluding carboxylic acids is 1. The fraction of sp³-hybridized carbons (Fsp3) is 0.526. The van der Waals surface area contributed by atoms with E-state index in [1.54, 1.807) is 6.92 Å². The van der Waals surface area contributed by atoms with E-state index in [-0.39, 0.29) is 16.6 Å². The molecule has 0 heterocycles. The van der Waals surface area contributed by atoms with Crippen LogP contribution in [-0.2, 0) is 10.8 Å². The minimum Gasteiger partial charge on any atom is -0.295 e. The summed E-state index contributed by atoms with van der Waals surface area (Å²) in [6.07, 6.45) is 3.18. The summed E-state index contributed by atoms with van der Waals surface area (Å²) >= 11 is 0. The van der Waals surface area contributed by atoms with Crippen LogP contribution in [0.4, 0.5) is 0 Å². The lowest BCUT2D eigenvalue weighted by molar-refractivity contribution is 0.101. The first kappa shape index (κ1) is 15.0. The fourth-order valence-corrected chi connectivity index (χ4v) is 3.67. The van der Waals surface area contributed by atoms with Crippen molar-refractivity contribution < 1.29 is 4.79 Å². The van der Waals surface area contributed by atoms with Crippen LogP contribution in [0.1, 0.15) is 68.1 Å². The van der Waals surface area contributed by atoms with Gasteiger partial charge in [-0.25, -0.2) is 0 Å². The maximum absolute atomic E-state index is 11.8. The summed E-state index contributed by atoms with van der Waals surface area (Å²) in [5.74, 6) is 0.623. The highest BCUT2D eigenvalue weighted by Crippen LogP contribution is 2.50. The average molecular weight is 270 g/mol. The Kier molecular flexibility index (Phi) is 3.44. The SMILES string of the molecule is C=CC1CC(C)(C)c2cc(C(C)=O)c(C)cc2C1(C)C. The lowest BCUT2D eigenvalue weighted by Gasteiger charge is -2.47. The highest BCUT2D eigenvalue weighted by molar-refractivity contribution is 5.96. The molecule has 1 aromatic rings. The molecule has 0 N–H and O–H groups in total. The third-order valence-corrected chi connectivity index (χ3v) is 5.11. The van der Waals surface area contributed by atoms with Crippen LogP contribution < -0.4 is 0 Å². The van der Waals surface area contributed by atoms with E-state index in [1.165, 1.54) is 11.1 Å². The molecule has 0 aromatic heterocycles. The number of hydrogen-bond acceptors (Lipinski definition) is 1. The van der Waals surface area contributed by atoms with E-state index < -0.39 is 0 Å². The van der Waals surface area contributed by atoms with Gasteiger partial charge in [0.25, 0.3) is 0 Å². The Morgan fingerprint density at radius 2 is 1.85 bits per heavy atom. The van der Waals surface area contributed by atoms with Crippen LogP contribution in [-0.4, -0.2) is 5.78 Å². The normalized spacial score (nSPS) is 23.0. The number of hydrogen-bond donors (Lipinski definition) is 0. The van der Waals surface area contributed by atoms with E-state index in [9.17, 15) is 4.79 Å². The predicted molar refractivity (Wildman–Crippen MR) is 85.5 cm³/mol. The van der Waals surface area contributed by atoms with E-state index in [0.29, 0.717) is 5.92 Å². The van der Waals surface area contributed by atoms with Crippen LogP contribution in [0, 0.1) is 12.8 Å². The highest BCUT2D eigenvalue weighted by atomic mass is 16.1. The molecule has 0 amide bonds. The summed E-state index contributed by atoms with van der Waals surface area (Å²) in [5.41, 5.74) is 4.82. The van der Waals surface area contributed by atoms with Crippen molar-refractivity contribution in [2.75, 3.05) is 0 Å². The van der Waals surface area contributed by atoms with Gasteiger partial charge < -0.3 is 0 Å². The quantitative estimate of drug-likeness (QED) is 0.548. The molecular weight excluding hydrogens is 244 g/mol. The number of rotatable bonds is 2. The molecule has 1 nitrogen and oxygen atoms in total. The van der Waals surface area contributed by atoms with Gasteiger partial charge in [-0.3, -0.25) is 4.79 Å². The minimum atomic E-state index is 0.0761. The second-order valence-corrected chi connectivity index (χ2v) is 7.42. The first-order valence-corrected chi connectivity index (χ1v) is 7.40. The smallest absolute Gasteiger partial charge is 0.160 e. The topological polar surface area (TPSA) is 17.1 Å². The number of carbonyl (C=O) groups is 1. The number of fused-ring (bicyclic) bond motifs is 1. The molecule has 0 bridgehead atoms. The number of ketones is 1. The summed E-state index contributed by atoms with van der Waals surface area (Å²) < 4.78 is 0. The largest absolute Gasteiger partial charge is 0.295 e. The van der Waals surface area contributed by atoms with E-state index in [0.717, 1.165) is 17.5 Å². The van der Waals surface area contributed by atoms with Gasteiger partial charge >= 0.3 is 0 Å². The van der Waals surface area contributed by atoms with Crippen molar-refractivity contribution in [1.29, 1.82) is 0 Å². The second kappa shape index (κ2) is 4.58. The van der Waals surface area contributed by atoms with Crippen molar-refractivity contribution in [2.45, 2.75) is 58.8 Å². The summed E-state index contributed by atoms with van der Waals surface area (Å²) in [7, 11) is 0. The highest BCUT2D eigenvalue weighted by Gasteiger charge is 2.43. The molecule has 1 atom stereocenters. The molecule has 2 rings (SSSR count). The van der Waals surface area contributed by atoms with E-state index >= 15 is 0 Å². The molecule has 0 saturated heterocycles. The van der Waals surface area contributed by atoms with Crippen molar-refractivity contribution >= 4 is 5.78 Å². The van der Waals surface area contributed by atoms with Gasteiger partial charge in [-0.2, -0.15) is 0 Å². The summed E-state index contributed by atoms with van der Waals surface area (Å²) in [6, 6.07) is 4.36. The predicted octanol–water partition coefficient (Wildman–Crippen LogP) is 4.96. The minimum absolute atomic E-state index is 0.0761. The molecule has 0 aliphatic heterocycles. The summed E-state index contributed by atoms with van der Waals surface area (Å²) in [4.78, 5) is 11.8. The maximum atomic E-state index is 11.8. The lowest BCUT2D eigenvalue weighted by Crippen LogP contribution is -2.41. The Morgan fingerprint density at radius 1 is 1.25 bits per heavy atom. The molecule has 0 radical (unpaired) electrons. The van der Waals surface area contributed by atoms with Crippen LogP contribution >= 0.6 is 0 Å². The van der Waals surface area contributed by atoms with Crippen molar-refractivity contribution in [3.8, 4) is 0 Å². The Morgan fingerprint density at radius 3 is 2.35 bits per heavy atom. The standard InChI is InChI=1S/C19H26O/c1-8-14-11-18(4,5)16-10-15(13(3)20)12(2)9-17(16)19(14,6)7/h8-10,14H,1,11H2,2-7H3. The zero-order chi connectivity index (χ0) is 15.3. The van der Waals surface area contributed by atoms with Crippen molar-refractivity contribution in [1.82, 2.24) is 0 Å². The van der Waals surface area contributed by atoms with E-state index in [2.05, 4.69) is 52.5 Å². The zero-order valence-corrected chi connectivity index (χ0v) is 13.6. The molecule has 0 saturated carbocycles. The molecule has 0 spiro atoms. The molecule has 108 valence electrons.